The van der Waals surface area contributed by atoms with Gasteiger partial charge in [-0.3, -0.25) is 0 Å². The molecule has 0 bridgehead atoms. The van der Waals surface area contributed by atoms with Crippen LogP contribution in [0, 0.1) is 13.8 Å². The van der Waals surface area contributed by atoms with Crippen molar-refractivity contribution in [2.24, 2.45) is 0 Å². The van der Waals surface area contributed by atoms with E-state index in [1.54, 1.807) is 0 Å². The molecule has 0 spiro atoms. The third-order valence-electron chi connectivity index (χ3n) is 2.31. The van der Waals surface area contributed by atoms with Gasteiger partial charge in [-0.25, -0.2) is 0 Å². The lowest BCUT2D eigenvalue weighted by Gasteiger charge is -2.11. The summed E-state index contributed by atoms with van der Waals surface area (Å²) in [6.45, 7) is 9.30. The van der Waals surface area contributed by atoms with Gasteiger partial charge in [-0.2, -0.15) is 0 Å². The molecule has 1 aromatic rings. The summed E-state index contributed by atoms with van der Waals surface area (Å²) in [4.78, 5) is 0. The minimum Gasteiger partial charge on any atom is -0.377 e. The number of anilines is 1. The number of nitrogens with one attached hydrogen (secondary N) is 1. The molecular formula is C11H18ClN3O. The van der Waals surface area contributed by atoms with Crippen molar-refractivity contribution >= 4 is 17.4 Å². The lowest BCUT2D eigenvalue weighted by Crippen LogP contribution is -2.15. The summed E-state index contributed by atoms with van der Waals surface area (Å²) in [5.74, 6) is 0.772. The summed E-state index contributed by atoms with van der Waals surface area (Å²) >= 11 is 5.86. The van der Waals surface area contributed by atoms with Crippen LogP contribution in [0.5, 0.6) is 0 Å². The molecule has 0 saturated carbocycles. The van der Waals surface area contributed by atoms with Crippen molar-refractivity contribution in [1.29, 1.82) is 0 Å². The number of hydrogen-bond acceptors (Lipinski definition) is 4. The highest BCUT2D eigenvalue weighted by Crippen LogP contribution is 2.20. The van der Waals surface area contributed by atoms with Crippen LogP contribution in [-0.2, 0) is 4.74 Å². The summed E-state index contributed by atoms with van der Waals surface area (Å²) in [6, 6.07) is 0. The Morgan fingerprint density at radius 3 is 2.56 bits per heavy atom. The molecule has 0 aromatic carbocycles. The van der Waals surface area contributed by atoms with Crippen LogP contribution in [0.1, 0.15) is 25.0 Å². The van der Waals surface area contributed by atoms with Gasteiger partial charge in [0.25, 0.3) is 0 Å². The van der Waals surface area contributed by atoms with E-state index in [0.29, 0.717) is 11.8 Å². The quantitative estimate of drug-likeness (QED) is 0.808. The first-order valence-electron chi connectivity index (χ1n) is 5.37. The van der Waals surface area contributed by atoms with E-state index in [1.807, 2.05) is 27.7 Å². The van der Waals surface area contributed by atoms with Crippen LogP contribution in [0.2, 0.25) is 5.15 Å². The van der Waals surface area contributed by atoms with Crippen LogP contribution >= 0.6 is 11.6 Å². The Morgan fingerprint density at radius 1 is 1.25 bits per heavy atom. The largest absolute Gasteiger partial charge is 0.377 e. The Balaban J connectivity index is 2.52. The standard InChI is InChI=1S/C11H18ClN3O/c1-7(2)16-6-5-13-11-9(4)8(3)10(12)14-15-11/h7H,5-6H2,1-4H3,(H,13,15). The summed E-state index contributed by atoms with van der Waals surface area (Å²) in [7, 11) is 0. The van der Waals surface area contributed by atoms with Gasteiger partial charge >= 0.3 is 0 Å². The molecule has 0 radical (unpaired) electrons. The highest BCUT2D eigenvalue weighted by atomic mass is 35.5. The van der Waals surface area contributed by atoms with Crippen LogP contribution in [-0.4, -0.2) is 29.5 Å². The Bertz CT molecular complexity index is 355. The zero-order chi connectivity index (χ0) is 12.1. The van der Waals surface area contributed by atoms with Crippen molar-refractivity contribution in [1.82, 2.24) is 10.2 Å². The second-order valence-electron chi connectivity index (χ2n) is 3.94. The molecule has 16 heavy (non-hydrogen) atoms. The van der Waals surface area contributed by atoms with Crippen LogP contribution in [0.3, 0.4) is 0 Å². The average molecular weight is 244 g/mol. The molecule has 0 fully saturated rings. The highest BCUT2D eigenvalue weighted by Gasteiger charge is 2.07. The number of hydrogen-bond donors (Lipinski definition) is 1. The summed E-state index contributed by atoms with van der Waals surface area (Å²) in [5.41, 5.74) is 1.99. The Morgan fingerprint density at radius 2 is 1.94 bits per heavy atom. The SMILES string of the molecule is Cc1c(Cl)nnc(NCCOC(C)C)c1C. The molecule has 5 heteroatoms. The topological polar surface area (TPSA) is 47.0 Å². The van der Waals surface area contributed by atoms with E-state index in [-0.39, 0.29) is 6.10 Å². The van der Waals surface area contributed by atoms with E-state index in [2.05, 4.69) is 15.5 Å². The van der Waals surface area contributed by atoms with E-state index in [4.69, 9.17) is 16.3 Å². The minimum atomic E-state index is 0.251. The number of nitrogens with zero attached hydrogens (tertiary/aromatic N) is 2. The normalized spacial score (nSPS) is 10.9. The van der Waals surface area contributed by atoms with Crippen molar-refractivity contribution in [2.45, 2.75) is 33.8 Å². The third kappa shape index (κ3) is 3.61. The fourth-order valence-electron chi connectivity index (χ4n) is 1.21. The predicted octanol–water partition coefficient (Wildman–Crippen LogP) is 2.58. The summed E-state index contributed by atoms with van der Waals surface area (Å²) in [5, 5.41) is 11.5. The molecule has 1 heterocycles. The second-order valence-corrected chi connectivity index (χ2v) is 4.29. The molecule has 4 nitrogen and oxygen atoms in total. The first kappa shape index (κ1) is 13.2. The molecule has 90 valence electrons. The second kappa shape index (κ2) is 6.01. The van der Waals surface area contributed by atoms with Gasteiger partial charge in [-0.15, -0.1) is 10.2 Å². The smallest absolute Gasteiger partial charge is 0.155 e. The van der Waals surface area contributed by atoms with Crippen molar-refractivity contribution in [2.75, 3.05) is 18.5 Å². The van der Waals surface area contributed by atoms with E-state index in [1.165, 1.54) is 0 Å². The highest BCUT2D eigenvalue weighted by molar-refractivity contribution is 6.30. The van der Waals surface area contributed by atoms with Gasteiger partial charge in [0.05, 0.1) is 12.7 Å². The zero-order valence-electron chi connectivity index (χ0n) is 10.2. The maximum Gasteiger partial charge on any atom is 0.155 e. The molecule has 0 unspecified atom stereocenters. The number of halogens is 1. The maximum absolute atomic E-state index is 5.86. The third-order valence-corrected chi connectivity index (χ3v) is 2.67. The van der Waals surface area contributed by atoms with Gasteiger partial charge in [0.2, 0.25) is 0 Å². The van der Waals surface area contributed by atoms with Crippen molar-refractivity contribution in [3.63, 3.8) is 0 Å². The van der Waals surface area contributed by atoms with Crippen molar-refractivity contribution in [3.8, 4) is 0 Å². The lowest BCUT2D eigenvalue weighted by atomic mass is 10.2. The molecule has 0 aliphatic heterocycles. The fourth-order valence-corrected chi connectivity index (χ4v) is 1.39. The van der Waals surface area contributed by atoms with Gasteiger partial charge < -0.3 is 10.1 Å². The minimum absolute atomic E-state index is 0.251. The van der Waals surface area contributed by atoms with Crippen molar-refractivity contribution in [3.05, 3.63) is 16.3 Å². The van der Waals surface area contributed by atoms with E-state index < -0.39 is 0 Å². The van der Waals surface area contributed by atoms with Crippen LogP contribution in [0.15, 0.2) is 0 Å². The number of aromatic nitrogens is 2. The number of ether oxygens (including phenoxy) is 1. The van der Waals surface area contributed by atoms with Gasteiger partial charge in [0, 0.05) is 6.54 Å². The zero-order valence-corrected chi connectivity index (χ0v) is 10.9. The van der Waals surface area contributed by atoms with Crippen LogP contribution < -0.4 is 5.32 Å². The predicted molar refractivity (Wildman–Crippen MR) is 66.1 cm³/mol. The number of rotatable bonds is 5. The Labute approximate surface area is 101 Å². The monoisotopic (exact) mass is 243 g/mol. The average Bonchev–Trinajstić information content (AvgIpc) is 2.23. The van der Waals surface area contributed by atoms with Gasteiger partial charge in [0.1, 0.15) is 0 Å². The summed E-state index contributed by atoms with van der Waals surface area (Å²) in [6.07, 6.45) is 0.251. The van der Waals surface area contributed by atoms with Crippen molar-refractivity contribution < 1.29 is 4.74 Å². The first-order chi connectivity index (χ1) is 7.52. The van der Waals surface area contributed by atoms with Crippen LogP contribution in [0.4, 0.5) is 5.82 Å². The van der Waals surface area contributed by atoms with E-state index >= 15 is 0 Å². The first-order valence-corrected chi connectivity index (χ1v) is 5.75. The molecule has 0 aliphatic rings. The molecule has 0 saturated heterocycles. The molecule has 0 aliphatic carbocycles. The summed E-state index contributed by atoms with van der Waals surface area (Å²) < 4.78 is 5.42. The molecule has 0 amide bonds. The lowest BCUT2D eigenvalue weighted by molar-refractivity contribution is 0.0870. The molecule has 0 atom stereocenters. The van der Waals surface area contributed by atoms with E-state index in [9.17, 15) is 0 Å². The van der Waals surface area contributed by atoms with Gasteiger partial charge in [0.15, 0.2) is 11.0 Å². The Hall–Kier alpha value is -0.870. The molecule has 1 aromatic heterocycles. The van der Waals surface area contributed by atoms with Gasteiger partial charge in [-0.05, 0) is 38.8 Å². The van der Waals surface area contributed by atoms with Gasteiger partial charge in [-0.1, -0.05) is 11.6 Å². The molecular weight excluding hydrogens is 226 g/mol. The van der Waals surface area contributed by atoms with E-state index in [0.717, 1.165) is 23.5 Å². The van der Waals surface area contributed by atoms with Crippen LogP contribution in [0.25, 0.3) is 0 Å². The molecule has 1 N–H and O–H groups in total. The fraction of sp³-hybridized carbons (Fsp3) is 0.636. The maximum atomic E-state index is 5.86. The Kier molecular flexibility index (Phi) is 4.96. The molecule has 1 rings (SSSR count).